The number of aliphatic hydroxyl groups is 1. The van der Waals surface area contributed by atoms with Gasteiger partial charge in [0.2, 0.25) is 5.91 Å². The molecule has 3 rings (SSSR count). The molecule has 2 heterocycles. The Hall–Kier alpha value is -2.17. The molecule has 1 amide bonds. The monoisotopic (exact) mass is 436 g/mol. The maximum absolute atomic E-state index is 12.9. The minimum atomic E-state index is -1.39. The van der Waals surface area contributed by atoms with E-state index in [0.29, 0.717) is 10.5 Å². The van der Waals surface area contributed by atoms with Crippen LogP contribution in [0.3, 0.4) is 0 Å². The molecule has 3 atom stereocenters. The number of benzene rings is 1. The van der Waals surface area contributed by atoms with Gasteiger partial charge in [0.25, 0.3) is 5.69 Å². The SMILES string of the molecule is C[C@@H](O)[C@H]1C(=O)N2C(C(=O)OCC[Si](C)(C)C)=C(c3ccc([N+](=O)[O-])cc3)S[C@H]12. The van der Waals surface area contributed by atoms with Gasteiger partial charge in [0.05, 0.1) is 23.6 Å². The van der Waals surface area contributed by atoms with Crippen LogP contribution >= 0.6 is 11.8 Å². The van der Waals surface area contributed by atoms with Crippen LogP contribution in [-0.4, -0.2) is 53.0 Å². The van der Waals surface area contributed by atoms with Crippen molar-refractivity contribution in [1.82, 2.24) is 4.90 Å². The summed E-state index contributed by atoms with van der Waals surface area (Å²) in [5.41, 5.74) is 0.702. The lowest BCUT2D eigenvalue weighted by Crippen LogP contribution is -2.60. The number of amides is 1. The van der Waals surface area contributed by atoms with Gasteiger partial charge >= 0.3 is 5.97 Å². The second kappa shape index (κ2) is 7.92. The average molecular weight is 437 g/mol. The van der Waals surface area contributed by atoms with Crippen LogP contribution in [0, 0.1) is 16.0 Å². The zero-order valence-corrected chi connectivity index (χ0v) is 18.6. The fraction of sp³-hybridized carbons (Fsp3) is 0.474. The van der Waals surface area contributed by atoms with Gasteiger partial charge in [0.15, 0.2) is 0 Å². The summed E-state index contributed by atoms with van der Waals surface area (Å²) in [6.07, 6.45) is -0.836. The van der Waals surface area contributed by atoms with Gasteiger partial charge in [-0.05, 0) is 30.7 Å². The number of nitro benzene ring substituents is 1. The van der Waals surface area contributed by atoms with E-state index in [4.69, 9.17) is 4.74 Å². The van der Waals surface area contributed by atoms with E-state index in [9.17, 15) is 24.8 Å². The predicted octanol–water partition coefficient (Wildman–Crippen LogP) is 3.06. The maximum Gasteiger partial charge on any atom is 0.356 e. The molecule has 29 heavy (non-hydrogen) atoms. The molecule has 2 aliphatic heterocycles. The molecule has 1 saturated heterocycles. The molecule has 0 aliphatic carbocycles. The Bertz CT molecular complexity index is 878. The molecular formula is C19H24N2O6SSi. The fourth-order valence-electron chi connectivity index (χ4n) is 3.23. The lowest BCUT2D eigenvalue weighted by Gasteiger charge is -2.43. The molecule has 10 heteroatoms. The summed E-state index contributed by atoms with van der Waals surface area (Å²) >= 11 is 1.31. The Kier molecular flexibility index (Phi) is 5.88. The molecule has 1 aromatic carbocycles. The highest BCUT2D eigenvalue weighted by Crippen LogP contribution is 2.54. The van der Waals surface area contributed by atoms with Gasteiger partial charge in [-0.25, -0.2) is 4.79 Å². The van der Waals surface area contributed by atoms with Crippen LogP contribution in [0.1, 0.15) is 12.5 Å². The second-order valence-corrected chi connectivity index (χ2v) is 15.2. The Balaban J connectivity index is 1.91. The van der Waals surface area contributed by atoms with E-state index in [1.807, 2.05) is 0 Å². The van der Waals surface area contributed by atoms with Crippen molar-refractivity contribution in [1.29, 1.82) is 0 Å². The number of fused-ring (bicyclic) bond motifs is 1. The highest BCUT2D eigenvalue weighted by Gasteiger charge is 2.58. The van der Waals surface area contributed by atoms with Crippen LogP contribution < -0.4 is 0 Å². The van der Waals surface area contributed by atoms with Gasteiger partial charge in [0.1, 0.15) is 11.1 Å². The van der Waals surface area contributed by atoms with Crippen LogP contribution in [0.5, 0.6) is 0 Å². The molecule has 0 saturated carbocycles. The summed E-state index contributed by atoms with van der Waals surface area (Å²) in [4.78, 5) is 37.8. The number of nitrogens with zero attached hydrogens (tertiary/aromatic N) is 2. The Morgan fingerprint density at radius 1 is 1.34 bits per heavy atom. The lowest BCUT2D eigenvalue weighted by atomic mass is 9.92. The third kappa shape index (κ3) is 4.24. The molecular weight excluding hydrogens is 412 g/mol. The van der Waals surface area contributed by atoms with E-state index >= 15 is 0 Å². The predicted molar refractivity (Wildman–Crippen MR) is 113 cm³/mol. The molecule has 0 aromatic heterocycles. The van der Waals surface area contributed by atoms with Gasteiger partial charge < -0.3 is 9.84 Å². The van der Waals surface area contributed by atoms with Crippen molar-refractivity contribution >= 4 is 42.3 Å². The van der Waals surface area contributed by atoms with E-state index in [0.717, 1.165) is 6.04 Å². The molecule has 0 bridgehead atoms. The van der Waals surface area contributed by atoms with Gasteiger partial charge in [0, 0.05) is 25.1 Å². The number of β-lactam (4-membered cyclic amide) rings is 1. The third-order valence-corrected chi connectivity index (χ3v) is 8.03. The van der Waals surface area contributed by atoms with Crippen molar-refractivity contribution in [2.24, 2.45) is 5.92 Å². The van der Waals surface area contributed by atoms with Gasteiger partial charge in [-0.1, -0.05) is 31.4 Å². The second-order valence-electron chi connectivity index (χ2n) is 8.41. The van der Waals surface area contributed by atoms with Crippen LogP contribution in [0.25, 0.3) is 4.91 Å². The molecule has 0 spiro atoms. The minimum absolute atomic E-state index is 0.0576. The third-order valence-electron chi connectivity index (χ3n) is 4.92. The number of carbonyl (C=O) groups excluding carboxylic acids is 2. The molecule has 1 aromatic rings. The quantitative estimate of drug-likeness (QED) is 0.230. The summed E-state index contributed by atoms with van der Waals surface area (Å²) < 4.78 is 5.47. The smallest absolute Gasteiger partial charge is 0.356 e. The standard InChI is InChI=1S/C19H24N2O6SSi/c1-11(22)14-17(23)20-15(19(24)27-9-10-29(2,3)4)16(28-18(14)20)12-5-7-13(8-6-12)21(25)26/h5-8,11,14,18,22H,9-10H2,1-4H3/t11-,14+,18-/m1/s1. The average Bonchev–Trinajstić information content (AvgIpc) is 2.95. The van der Waals surface area contributed by atoms with Crippen LogP contribution in [-0.2, 0) is 14.3 Å². The van der Waals surface area contributed by atoms with E-state index in [-0.39, 0.29) is 29.3 Å². The number of nitro groups is 1. The lowest BCUT2D eigenvalue weighted by molar-refractivity contribution is -0.384. The number of ether oxygens (including phenoxy) is 1. The number of carbonyl (C=O) groups is 2. The first kappa shape index (κ1) is 21.5. The molecule has 8 nitrogen and oxygen atoms in total. The van der Waals surface area contributed by atoms with Crippen LogP contribution in [0.2, 0.25) is 25.7 Å². The first-order chi connectivity index (χ1) is 13.5. The number of rotatable bonds is 7. The van der Waals surface area contributed by atoms with Gasteiger partial charge in [-0.15, -0.1) is 0 Å². The van der Waals surface area contributed by atoms with Crippen molar-refractivity contribution < 1.29 is 24.4 Å². The summed E-state index contributed by atoms with van der Waals surface area (Å²) in [7, 11) is -1.39. The highest BCUT2D eigenvalue weighted by molar-refractivity contribution is 8.09. The van der Waals surface area contributed by atoms with Crippen LogP contribution in [0.15, 0.2) is 30.0 Å². The number of hydrogen-bond donors (Lipinski definition) is 1. The number of esters is 1. The van der Waals surface area contributed by atoms with E-state index < -0.39 is 31.0 Å². The number of thioether (sulfide) groups is 1. The number of aliphatic hydroxyl groups excluding tert-OH is 1. The van der Waals surface area contributed by atoms with Crippen LogP contribution in [0.4, 0.5) is 5.69 Å². The molecule has 1 fully saturated rings. The summed E-state index contributed by atoms with van der Waals surface area (Å²) in [5, 5.41) is 20.5. The molecule has 156 valence electrons. The molecule has 2 aliphatic rings. The summed E-state index contributed by atoms with van der Waals surface area (Å²) in [6.45, 7) is 8.36. The van der Waals surface area contributed by atoms with E-state index in [2.05, 4.69) is 19.6 Å². The molecule has 0 unspecified atom stereocenters. The van der Waals surface area contributed by atoms with E-state index in [1.165, 1.54) is 28.8 Å². The van der Waals surface area contributed by atoms with Gasteiger partial charge in [-0.3, -0.25) is 19.8 Å². The van der Waals surface area contributed by atoms with Crippen molar-refractivity contribution in [2.45, 2.75) is 44.1 Å². The zero-order chi connectivity index (χ0) is 21.5. The largest absolute Gasteiger partial charge is 0.461 e. The topological polar surface area (TPSA) is 110 Å². The summed E-state index contributed by atoms with van der Waals surface area (Å²) in [6, 6.07) is 6.65. The van der Waals surface area contributed by atoms with Crippen molar-refractivity contribution in [2.75, 3.05) is 6.61 Å². The Labute approximate surface area is 174 Å². The van der Waals surface area contributed by atoms with E-state index in [1.54, 1.807) is 19.1 Å². The molecule has 0 radical (unpaired) electrons. The zero-order valence-electron chi connectivity index (χ0n) is 16.7. The van der Waals surface area contributed by atoms with Crippen molar-refractivity contribution in [3.63, 3.8) is 0 Å². The Morgan fingerprint density at radius 2 is 1.97 bits per heavy atom. The Morgan fingerprint density at radius 3 is 2.48 bits per heavy atom. The minimum Gasteiger partial charge on any atom is -0.461 e. The first-order valence-corrected chi connectivity index (χ1v) is 13.9. The van der Waals surface area contributed by atoms with Crippen molar-refractivity contribution in [3.8, 4) is 0 Å². The normalized spacial score (nSPS) is 22.2. The first-order valence-electron chi connectivity index (χ1n) is 9.35. The highest BCUT2D eigenvalue weighted by atomic mass is 32.2. The van der Waals surface area contributed by atoms with Crippen molar-refractivity contribution in [3.05, 3.63) is 45.6 Å². The fourth-order valence-corrected chi connectivity index (χ4v) is 5.56. The maximum atomic E-state index is 12.9. The number of hydrogen-bond acceptors (Lipinski definition) is 7. The number of non-ortho nitro benzene ring substituents is 1. The van der Waals surface area contributed by atoms with Gasteiger partial charge in [-0.2, -0.15) is 0 Å². The molecule has 1 N–H and O–H groups in total. The summed E-state index contributed by atoms with van der Waals surface area (Å²) in [5.74, 6) is -1.49.